The summed E-state index contributed by atoms with van der Waals surface area (Å²) in [6.07, 6.45) is 1.54. The number of fused-ring (bicyclic) bond motifs is 1. The number of benzene rings is 1. The Morgan fingerprint density at radius 2 is 2.20 bits per heavy atom. The first kappa shape index (κ1) is 14.9. The molecule has 0 saturated carbocycles. The summed E-state index contributed by atoms with van der Waals surface area (Å²) in [5, 5.41) is 15.5. The van der Waals surface area contributed by atoms with Gasteiger partial charge in [0.25, 0.3) is 5.91 Å². The number of hydrogen-bond acceptors (Lipinski definition) is 3. The largest absolute Gasteiger partial charge is 0.396 e. The van der Waals surface area contributed by atoms with E-state index in [0.717, 1.165) is 18.7 Å². The van der Waals surface area contributed by atoms with Gasteiger partial charge in [-0.3, -0.25) is 4.79 Å². The molecule has 2 rings (SSSR count). The van der Waals surface area contributed by atoms with Crippen LogP contribution in [0.1, 0.15) is 43.1 Å². The average molecular weight is 276 g/mol. The summed E-state index contributed by atoms with van der Waals surface area (Å²) in [5.41, 5.74) is 2.95. The standard InChI is InChI=1S/C16H24N2O2/c1-16(2,3)14(7-9-19)18-15(20)12-4-5-13-11(10-12)6-8-17-13/h4-5,10,14,17,19H,6-9H2,1-3H3,(H,18,20). The summed E-state index contributed by atoms with van der Waals surface area (Å²) in [6, 6.07) is 5.75. The summed E-state index contributed by atoms with van der Waals surface area (Å²) >= 11 is 0. The van der Waals surface area contributed by atoms with Gasteiger partial charge in [0.2, 0.25) is 0 Å². The average Bonchev–Trinajstić information content (AvgIpc) is 2.84. The topological polar surface area (TPSA) is 61.4 Å². The van der Waals surface area contributed by atoms with Crippen LogP contribution in [0.15, 0.2) is 18.2 Å². The van der Waals surface area contributed by atoms with Crippen LogP contribution in [-0.4, -0.2) is 30.2 Å². The first-order chi connectivity index (χ1) is 9.41. The van der Waals surface area contributed by atoms with Gasteiger partial charge in [-0.05, 0) is 42.0 Å². The molecule has 4 nitrogen and oxygen atoms in total. The maximum atomic E-state index is 12.4. The Hall–Kier alpha value is -1.55. The normalized spacial score (nSPS) is 15.4. The lowest BCUT2D eigenvalue weighted by atomic mass is 9.84. The van der Waals surface area contributed by atoms with Crippen LogP contribution < -0.4 is 10.6 Å². The SMILES string of the molecule is CC(C)(C)C(CCO)NC(=O)c1ccc2c(c1)CCN2. The molecule has 1 heterocycles. The molecular weight excluding hydrogens is 252 g/mol. The Bertz CT molecular complexity index is 492. The molecule has 1 aliphatic rings. The van der Waals surface area contributed by atoms with Gasteiger partial charge in [0, 0.05) is 30.4 Å². The monoisotopic (exact) mass is 276 g/mol. The Morgan fingerprint density at radius 1 is 1.45 bits per heavy atom. The first-order valence-corrected chi connectivity index (χ1v) is 7.20. The molecule has 0 aliphatic carbocycles. The van der Waals surface area contributed by atoms with Crippen LogP contribution in [0.5, 0.6) is 0 Å². The number of amides is 1. The molecule has 0 aromatic heterocycles. The molecule has 20 heavy (non-hydrogen) atoms. The molecule has 0 spiro atoms. The minimum absolute atomic E-state index is 0.0358. The lowest BCUT2D eigenvalue weighted by molar-refractivity contribution is 0.0885. The van der Waals surface area contributed by atoms with E-state index >= 15 is 0 Å². The predicted octanol–water partition coefficient (Wildman–Crippen LogP) is 2.18. The van der Waals surface area contributed by atoms with E-state index in [0.29, 0.717) is 12.0 Å². The zero-order valence-corrected chi connectivity index (χ0v) is 12.5. The van der Waals surface area contributed by atoms with Crippen LogP contribution in [-0.2, 0) is 6.42 Å². The number of rotatable bonds is 4. The van der Waals surface area contributed by atoms with E-state index in [2.05, 4.69) is 31.4 Å². The molecule has 1 aliphatic heterocycles. The predicted molar refractivity (Wildman–Crippen MR) is 81.0 cm³/mol. The Labute approximate surface area is 120 Å². The number of aliphatic hydroxyl groups excluding tert-OH is 1. The second-order valence-corrected chi connectivity index (χ2v) is 6.45. The zero-order chi connectivity index (χ0) is 14.8. The highest BCUT2D eigenvalue weighted by atomic mass is 16.3. The van der Waals surface area contributed by atoms with Gasteiger partial charge in [-0.2, -0.15) is 0 Å². The van der Waals surface area contributed by atoms with Crippen LogP contribution in [0.25, 0.3) is 0 Å². The third-order valence-corrected chi connectivity index (χ3v) is 3.85. The van der Waals surface area contributed by atoms with E-state index < -0.39 is 0 Å². The number of hydrogen-bond donors (Lipinski definition) is 3. The van der Waals surface area contributed by atoms with Crippen molar-refractivity contribution in [3.63, 3.8) is 0 Å². The molecule has 0 radical (unpaired) electrons. The van der Waals surface area contributed by atoms with E-state index in [-0.39, 0.29) is 24.0 Å². The third-order valence-electron chi connectivity index (χ3n) is 3.85. The van der Waals surface area contributed by atoms with Gasteiger partial charge in [0.15, 0.2) is 0 Å². The molecule has 4 heteroatoms. The highest BCUT2D eigenvalue weighted by Gasteiger charge is 2.26. The maximum Gasteiger partial charge on any atom is 0.251 e. The van der Waals surface area contributed by atoms with Crippen molar-refractivity contribution in [1.82, 2.24) is 5.32 Å². The highest BCUT2D eigenvalue weighted by Crippen LogP contribution is 2.25. The molecule has 1 aromatic rings. The second-order valence-electron chi connectivity index (χ2n) is 6.45. The van der Waals surface area contributed by atoms with Crippen molar-refractivity contribution in [2.24, 2.45) is 5.41 Å². The number of aliphatic hydroxyl groups is 1. The van der Waals surface area contributed by atoms with Gasteiger partial charge in [-0.1, -0.05) is 20.8 Å². The van der Waals surface area contributed by atoms with E-state index in [9.17, 15) is 4.79 Å². The van der Waals surface area contributed by atoms with E-state index in [1.807, 2.05) is 18.2 Å². The first-order valence-electron chi connectivity index (χ1n) is 7.20. The number of anilines is 1. The third kappa shape index (κ3) is 3.31. The summed E-state index contributed by atoms with van der Waals surface area (Å²) in [5.74, 6) is -0.0620. The Morgan fingerprint density at radius 3 is 2.85 bits per heavy atom. The molecule has 110 valence electrons. The van der Waals surface area contributed by atoms with Crippen LogP contribution >= 0.6 is 0 Å². The van der Waals surface area contributed by atoms with Crippen molar-refractivity contribution in [2.45, 2.75) is 39.7 Å². The fourth-order valence-electron chi connectivity index (χ4n) is 2.54. The summed E-state index contributed by atoms with van der Waals surface area (Å²) in [7, 11) is 0. The van der Waals surface area contributed by atoms with Crippen molar-refractivity contribution in [2.75, 3.05) is 18.5 Å². The number of nitrogens with one attached hydrogen (secondary N) is 2. The van der Waals surface area contributed by atoms with E-state index in [4.69, 9.17) is 5.11 Å². The van der Waals surface area contributed by atoms with Crippen molar-refractivity contribution in [3.05, 3.63) is 29.3 Å². The minimum atomic E-state index is -0.0727. The lowest BCUT2D eigenvalue weighted by Gasteiger charge is -2.31. The van der Waals surface area contributed by atoms with E-state index in [1.165, 1.54) is 5.56 Å². The minimum Gasteiger partial charge on any atom is -0.396 e. The van der Waals surface area contributed by atoms with Gasteiger partial charge in [0.05, 0.1) is 0 Å². The van der Waals surface area contributed by atoms with Gasteiger partial charge in [-0.25, -0.2) is 0 Å². The Balaban J connectivity index is 2.11. The molecular formula is C16H24N2O2. The smallest absolute Gasteiger partial charge is 0.251 e. The molecule has 1 atom stereocenters. The zero-order valence-electron chi connectivity index (χ0n) is 12.5. The lowest BCUT2D eigenvalue weighted by Crippen LogP contribution is -2.44. The molecule has 1 unspecified atom stereocenters. The van der Waals surface area contributed by atoms with Crippen molar-refractivity contribution < 1.29 is 9.90 Å². The van der Waals surface area contributed by atoms with Gasteiger partial charge in [0.1, 0.15) is 0 Å². The van der Waals surface area contributed by atoms with Gasteiger partial charge in [-0.15, -0.1) is 0 Å². The molecule has 0 bridgehead atoms. The quantitative estimate of drug-likeness (QED) is 0.790. The van der Waals surface area contributed by atoms with Crippen molar-refractivity contribution >= 4 is 11.6 Å². The second kappa shape index (κ2) is 5.83. The van der Waals surface area contributed by atoms with Gasteiger partial charge < -0.3 is 15.7 Å². The van der Waals surface area contributed by atoms with Crippen molar-refractivity contribution in [3.8, 4) is 0 Å². The number of carbonyl (C=O) groups excluding carboxylic acids is 1. The van der Waals surface area contributed by atoms with Crippen LogP contribution in [0, 0.1) is 5.41 Å². The van der Waals surface area contributed by atoms with Crippen LogP contribution in [0.3, 0.4) is 0 Å². The summed E-state index contributed by atoms with van der Waals surface area (Å²) in [6.45, 7) is 7.23. The van der Waals surface area contributed by atoms with Crippen LogP contribution in [0.4, 0.5) is 5.69 Å². The van der Waals surface area contributed by atoms with E-state index in [1.54, 1.807) is 0 Å². The fourth-order valence-corrected chi connectivity index (χ4v) is 2.54. The van der Waals surface area contributed by atoms with Gasteiger partial charge >= 0.3 is 0 Å². The Kier molecular flexibility index (Phi) is 4.33. The van der Waals surface area contributed by atoms with Crippen LogP contribution in [0.2, 0.25) is 0 Å². The number of carbonyl (C=O) groups is 1. The molecule has 1 aromatic carbocycles. The molecule has 0 saturated heterocycles. The molecule has 1 amide bonds. The summed E-state index contributed by atoms with van der Waals surface area (Å²) in [4.78, 5) is 12.4. The fraction of sp³-hybridized carbons (Fsp3) is 0.562. The molecule has 3 N–H and O–H groups in total. The molecule has 0 fully saturated rings. The maximum absolute atomic E-state index is 12.4. The van der Waals surface area contributed by atoms with Crippen molar-refractivity contribution in [1.29, 1.82) is 0 Å². The summed E-state index contributed by atoms with van der Waals surface area (Å²) < 4.78 is 0. The highest BCUT2D eigenvalue weighted by molar-refractivity contribution is 5.95.